The number of hydrogen-bond donors (Lipinski definition) is 1. The first-order valence-corrected chi connectivity index (χ1v) is 13.4. The molecular weight excluding hydrogens is 380 g/mol. The first-order valence-electron chi connectivity index (χ1n) is 13.4. The highest BCUT2D eigenvalue weighted by Crippen LogP contribution is 2.66. The highest BCUT2D eigenvalue weighted by molar-refractivity contribution is 5.80. The number of carbonyl (C=O) groups is 1. The van der Waals surface area contributed by atoms with Crippen molar-refractivity contribution in [1.29, 1.82) is 0 Å². The summed E-state index contributed by atoms with van der Waals surface area (Å²) in [6, 6.07) is 0. The second-order valence-corrected chi connectivity index (χ2v) is 13.2. The molecule has 176 valence electrons. The monoisotopic (exact) mass is 428 g/mol. The molecule has 0 spiro atoms. The summed E-state index contributed by atoms with van der Waals surface area (Å²) < 4.78 is 0. The Kier molecular flexibility index (Phi) is 6.30. The zero-order valence-corrected chi connectivity index (χ0v) is 21.2. The first kappa shape index (κ1) is 23.5. The highest BCUT2D eigenvalue weighted by atomic mass is 16.3. The number of hydrogen-bond acceptors (Lipinski definition) is 2. The molecule has 8 atom stereocenters. The molecule has 4 aliphatic rings. The third-order valence-electron chi connectivity index (χ3n) is 10.9. The highest BCUT2D eigenvalue weighted by Gasteiger charge is 2.58. The van der Waals surface area contributed by atoms with Crippen molar-refractivity contribution in [2.24, 2.45) is 46.3 Å². The van der Waals surface area contributed by atoms with Crippen LogP contribution in [0.4, 0.5) is 0 Å². The maximum Gasteiger partial charge on any atom is 0.135 e. The van der Waals surface area contributed by atoms with E-state index >= 15 is 0 Å². The van der Waals surface area contributed by atoms with Gasteiger partial charge >= 0.3 is 0 Å². The predicted octanol–water partition coefficient (Wildman–Crippen LogP) is 7.35. The summed E-state index contributed by atoms with van der Waals surface area (Å²) in [6.45, 7) is 13.7. The van der Waals surface area contributed by atoms with Crippen molar-refractivity contribution in [3.63, 3.8) is 0 Å². The van der Waals surface area contributed by atoms with Crippen LogP contribution in [-0.2, 0) is 4.79 Å². The molecule has 2 heteroatoms. The largest absolute Gasteiger partial charge is 0.390 e. The molecule has 4 rings (SSSR count). The van der Waals surface area contributed by atoms with Crippen LogP contribution in [0, 0.1) is 46.3 Å². The van der Waals surface area contributed by atoms with Crippen LogP contribution < -0.4 is 0 Å². The topological polar surface area (TPSA) is 37.3 Å². The smallest absolute Gasteiger partial charge is 0.135 e. The average molecular weight is 429 g/mol. The molecule has 0 aromatic carbocycles. The lowest BCUT2D eigenvalue weighted by Gasteiger charge is -2.63. The fourth-order valence-corrected chi connectivity index (χ4v) is 8.84. The van der Waals surface area contributed by atoms with Gasteiger partial charge < -0.3 is 5.11 Å². The fraction of sp³-hybridized carbons (Fsp3) is 0.897. The Morgan fingerprint density at radius 2 is 1.81 bits per heavy atom. The second kappa shape index (κ2) is 8.30. The van der Waals surface area contributed by atoms with Gasteiger partial charge in [-0.3, -0.25) is 4.79 Å². The van der Waals surface area contributed by atoms with Crippen LogP contribution in [0.2, 0.25) is 0 Å². The second-order valence-electron chi connectivity index (χ2n) is 13.2. The first-order chi connectivity index (χ1) is 14.5. The minimum absolute atomic E-state index is 0.178. The van der Waals surface area contributed by atoms with E-state index in [9.17, 15) is 9.90 Å². The Morgan fingerprint density at radius 3 is 2.52 bits per heavy atom. The van der Waals surface area contributed by atoms with Crippen molar-refractivity contribution in [2.75, 3.05) is 0 Å². The zero-order chi connectivity index (χ0) is 22.6. The third-order valence-corrected chi connectivity index (χ3v) is 10.9. The van der Waals surface area contributed by atoms with Crippen molar-refractivity contribution >= 4 is 5.78 Å². The van der Waals surface area contributed by atoms with Gasteiger partial charge in [-0.2, -0.15) is 0 Å². The van der Waals surface area contributed by atoms with Crippen LogP contribution in [0.3, 0.4) is 0 Å². The van der Waals surface area contributed by atoms with Gasteiger partial charge in [0.05, 0.1) is 5.60 Å². The van der Waals surface area contributed by atoms with E-state index in [0.717, 1.165) is 55.8 Å². The van der Waals surface area contributed by atoms with E-state index in [0.29, 0.717) is 22.5 Å². The number of Topliss-reactive ketones (excluding diaryl/α,β-unsaturated/α-hetero) is 1. The number of rotatable bonds is 5. The Bertz CT molecular complexity index is 718. The summed E-state index contributed by atoms with van der Waals surface area (Å²) in [5.41, 5.74) is 1.83. The molecule has 0 aromatic rings. The number of ketones is 1. The molecular formula is C29H48O2. The number of allylic oxidation sites excluding steroid dienone is 1. The lowest BCUT2D eigenvalue weighted by molar-refractivity contribution is -0.124. The Labute approximate surface area is 191 Å². The van der Waals surface area contributed by atoms with Crippen LogP contribution in [0.1, 0.15) is 112 Å². The van der Waals surface area contributed by atoms with E-state index < -0.39 is 5.60 Å². The summed E-state index contributed by atoms with van der Waals surface area (Å²) in [4.78, 5) is 12.3. The molecule has 1 N–H and O–H groups in total. The molecule has 0 unspecified atom stereocenters. The normalized spacial score (nSPS) is 45.9. The van der Waals surface area contributed by atoms with Gasteiger partial charge in [-0.05, 0) is 105 Å². The number of carbonyl (C=O) groups excluding carboxylic acids is 1. The Hall–Kier alpha value is -0.630. The third kappa shape index (κ3) is 4.09. The molecule has 4 aliphatic carbocycles. The molecule has 0 heterocycles. The Morgan fingerprint density at radius 1 is 1.06 bits per heavy atom. The van der Waals surface area contributed by atoms with E-state index in [2.05, 4.69) is 26.8 Å². The maximum atomic E-state index is 12.3. The van der Waals surface area contributed by atoms with Gasteiger partial charge in [-0.1, -0.05) is 52.7 Å². The molecule has 0 bridgehead atoms. The van der Waals surface area contributed by atoms with Crippen LogP contribution in [-0.4, -0.2) is 16.5 Å². The van der Waals surface area contributed by atoms with E-state index in [4.69, 9.17) is 0 Å². The predicted molar refractivity (Wildman–Crippen MR) is 129 cm³/mol. The molecule has 3 fully saturated rings. The van der Waals surface area contributed by atoms with Gasteiger partial charge in [0.1, 0.15) is 5.78 Å². The van der Waals surface area contributed by atoms with Crippen LogP contribution in [0.25, 0.3) is 0 Å². The minimum atomic E-state index is -0.500. The van der Waals surface area contributed by atoms with Gasteiger partial charge in [0.15, 0.2) is 0 Å². The summed E-state index contributed by atoms with van der Waals surface area (Å²) in [7, 11) is 0. The number of fused-ring (bicyclic) bond motifs is 5. The summed E-state index contributed by atoms with van der Waals surface area (Å²) in [5, 5.41) is 10.7. The maximum absolute atomic E-state index is 12.3. The lowest BCUT2D eigenvalue weighted by atomic mass is 9.42. The molecule has 31 heavy (non-hydrogen) atoms. The Balaban J connectivity index is 1.53. The van der Waals surface area contributed by atoms with Crippen LogP contribution >= 0.6 is 0 Å². The molecule has 2 nitrogen and oxygen atoms in total. The van der Waals surface area contributed by atoms with Crippen molar-refractivity contribution in [2.45, 2.75) is 118 Å². The van der Waals surface area contributed by atoms with Gasteiger partial charge in [-0.15, -0.1) is 0 Å². The standard InChI is InChI=1S/C29H48O2/c1-19(2)26(30)13-10-20(3)23-8-7-9-24-22-12-11-21-18-27(4,31)16-17-28(21,5)25(22)14-15-29(23,24)6/h11,19-20,22-25,31H,7-10,12-18H2,1-6H3/t20-,22+,23-,24+,25+,27+,28+,29-/m1/s1. The average Bonchev–Trinajstić information content (AvgIpc) is 2.71. The van der Waals surface area contributed by atoms with E-state index in [1.807, 2.05) is 20.8 Å². The van der Waals surface area contributed by atoms with Gasteiger partial charge in [0, 0.05) is 12.3 Å². The van der Waals surface area contributed by atoms with E-state index in [1.165, 1.54) is 38.5 Å². The molecule has 0 aliphatic heterocycles. The van der Waals surface area contributed by atoms with Crippen molar-refractivity contribution in [3.8, 4) is 0 Å². The molecule has 0 radical (unpaired) electrons. The molecule has 0 amide bonds. The van der Waals surface area contributed by atoms with Crippen LogP contribution in [0.15, 0.2) is 11.6 Å². The molecule has 3 saturated carbocycles. The quantitative estimate of drug-likeness (QED) is 0.465. The summed E-state index contributed by atoms with van der Waals surface area (Å²) in [5.74, 6) is 4.52. The zero-order valence-electron chi connectivity index (χ0n) is 21.2. The number of aliphatic hydroxyl groups is 1. The summed E-state index contributed by atoms with van der Waals surface area (Å²) >= 11 is 0. The van der Waals surface area contributed by atoms with E-state index in [-0.39, 0.29) is 5.92 Å². The van der Waals surface area contributed by atoms with Crippen molar-refractivity contribution in [3.05, 3.63) is 11.6 Å². The SMILES string of the molecule is CC(C)C(=O)CC[C@@H](C)[C@H]1CCC[C@H]2[C@@H]3CC=C4C[C@@](C)(O)CC[C@]4(C)[C@H]3CC[C@]12C. The van der Waals surface area contributed by atoms with Gasteiger partial charge in [0.2, 0.25) is 0 Å². The van der Waals surface area contributed by atoms with Crippen LogP contribution in [0.5, 0.6) is 0 Å². The van der Waals surface area contributed by atoms with Gasteiger partial charge in [-0.25, -0.2) is 0 Å². The minimum Gasteiger partial charge on any atom is -0.390 e. The fourth-order valence-electron chi connectivity index (χ4n) is 8.84. The van der Waals surface area contributed by atoms with Crippen molar-refractivity contribution in [1.82, 2.24) is 0 Å². The molecule has 0 aromatic heterocycles. The van der Waals surface area contributed by atoms with E-state index in [1.54, 1.807) is 5.57 Å². The lowest BCUT2D eigenvalue weighted by Crippen LogP contribution is -2.55. The van der Waals surface area contributed by atoms with Crippen molar-refractivity contribution < 1.29 is 9.90 Å². The van der Waals surface area contributed by atoms with Gasteiger partial charge in [0.25, 0.3) is 0 Å². The molecule has 0 saturated heterocycles. The summed E-state index contributed by atoms with van der Waals surface area (Å²) in [6.07, 6.45) is 15.5.